The highest BCUT2D eigenvalue weighted by atomic mass is 14.0. The molecule has 0 unspecified atom stereocenters. The standard InChI is InChI=1S/C32H56/c1-2-4-6-8-10-12-14-16-18-20-22-24-26-28-30-32-31-29-27-25-23-21-19-17-15-13-11-9-7-5-3-1/h1-2,15-18,31-32H,3-14,19-30H2/b2-1-,17-15-,18-16-,32-31-. The summed E-state index contributed by atoms with van der Waals surface area (Å²) in [6.07, 6.45) is 52.0. The molecule has 0 saturated carbocycles. The molecule has 0 spiro atoms. The van der Waals surface area contributed by atoms with E-state index in [1.165, 1.54) is 154 Å². The second-order valence-electron chi connectivity index (χ2n) is 9.85. The van der Waals surface area contributed by atoms with E-state index in [4.69, 9.17) is 0 Å². The van der Waals surface area contributed by atoms with Crippen LogP contribution in [0.3, 0.4) is 0 Å². The third-order valence-corrected chi connectivity index (χ3v) is 6.63. The Hall–Kier alpha value is -1.04. The molecule has 0 aromatic rings. The summed E-state index contributed by atoms with van der Waals surface area (Å²) in [7, 11) is 0. The maximum Gasteiger partial charge on any atom is -0.0351 e. The molecule has 0 nitrogen and oxygen atoms in total. The fourth-order valence-electron chi connectivity index (χ4n) is 4.45. The Labute approximate surface area is 202 Å². The first-order valence-electron chi connectivity index (χ1n) is 14.6. The molecule has 0 aromatic carbocycles. The van der Waals surface area contributed by atoms with Crippen molar-refractivity contribution >= 4 is 0 Å². The fraction of sp³-hybridized carbons (Fsp3) is 0.750. The van der Waals surface area contributed by atoms with Crippen molar-refractivity contribution in [2.75, 3.05) is 0 Å². The lowest BCUT2D eigenvalue weighted by Gasteiger charge is -2.00. The second kappa shape index (κ2) is 26.2. The molecule has 0 aromatic heterocycles. The van der Waals surface area contributed by atoms with E-state index < -0.39 is 0 Å². The van der Waals surface area contributed by atoms with Gasteiger partial charge in [0.05, 0.1) is 0 Å². The lowest BCUT2D eigenvalue weighted by Crippen LogP contribution is -1.80. The van der Waals surface area contributed by atoms with Crippen LogP contribution in [-0.2, 0) is 0 Å². The molecule has 0 bridgehead atoms. The van der Waals surface area contributed by atoms with Crippen LogP contribution in [0, 0.1) is 0 Å². The zero-order chi connectivity index (χ0) is 22.6. The molecular weight excluding hydrogens is 384 g/mol. The zero-order valence-electron chi connectivity index (χ0n) is 21.6. The molecule has 0 aliphatic heterocycles. The molecule has 0 saturated heterocycles. The van der Waals surface area contributed by atoms with Gasteiger partial charge in [-0.3, -0.25) is 0 Å². The predicted molar refractivity (Wildman–Crippen MR) is 147 cm³/mol. The van der Waals surface area contributed by atoms with E-state index >= 15 is 0 Å². The van der Waals surface area contributed by atoms with Gasteiger partial charge in [0, 0.05) is 0 Å². The minimum atomic E-state index is 1.29. The molecule has 0 heteroatoms. The highest BCUT2D eigenvalue weighted by Gasteiger charge is 1.92. The summed E-state index contributed by atoms with van der Waals surface area (Å²) < 4.78 is 0. The first-order valence-corrected chi connectivity index (χ1v) is 14.6. The van der Waals surface area contributed by atoms with Crippen molar-refractivity contribution in [3.8, 4) is 0 Å². The number of hydrogen-bond donors (Lipinski definition) is 0. The van der Waals surface area contributed by atoms with Gasteiger partial charge in [0.25, 0.3) is 0 Å². The van der Waals surface area contributed by atoms with E-state index in [-0.39, 0.29) is 0 Å². The molecule has 0 N–H and O–H groups in total. The lowest BCUT2D eigenvalue weighted by atomic mass is 10.1. The summed E-state index contributed by atoms with van der Waals surface area (Å²) in [5, 5.41) is 0. The van der Waals surface area contributed by atoms with Crippen molar-refractivity contribution in [1.29, 1.82) is 0 Å². The number of rotatable bonds is 0. The summed E-state index contributed by atoms with van der Waals surface area (Å²) >= 11 is 0. The van der Waals surface area contributed by atoms with Crippen LogP contribution >= 0.6 is 0 Å². The highest BCUT2D eigenvalue weighted by Crippen LogP contribution is 2.12. The topological polar surface area (TPSA) is 0 Å². The first kappa shape index (κ1) is 29.0. The van der Waals surface area contributed by atoms with Crippen LogP contribution in [0.25, 0.3) is 0 Å². The molecule has 1 aliphatic carbocycles. The smallest absolute Gasteiger partial charge is 0.0351 e. The van der Waals surface area contributed by atoms with E-state index in [2.05, 4.69) is 48.6 Å². The second-order valence-corrected chi connectivity index (χ2v) is 9.85. The SMILES string of the molecule is C1=C\CCCCCC/C=C\CCCCCC/C=C\CCCCCC/C=C\CCCCCC/1. The third kappa shape index (κ3) is 23.6. The van der Waals surface area contributed by atoms with Crippen molar-refractivity contribution in [3.63, 3.8) is 0 Å². The summed E-state index contributed by atoms with van der Waals surface area (Å²) in [4.78, 5) is 0. The molecule has 1 rings (SSSR count). The van der Waals surface area contributed by atoms with Gasteiger partial charge in [0.1, 0.15) is 0 Å². The van der Waals surface area contributed by atoms with Gasteiger partial charge in [0.15, 0.2) is 0 Å². The van der Waals surface area contributed by atoms with Gasteiger partial charge in [-0.15, -0.1) is 0 Å². The van der Waals surface area contributed by atoms with Crippen molar-refractivity contribution in [1.82, 2.24) is 0 Å². The monoisotopic (exact) mass is 440 g/mol. The fourth-order valence-corrected chi connectivity index (χ4v) is 4.45. The average Bonchev–Trinajstić information content (AvgIpc) is 2.80. The molecule has 0 atom stereocenters. The number of hydrogen-bond acceptors (Lipinski definition) is 0. The minimum Gasteiger partial charge on any atom is -0.0885 e. The molecular formula is C32H56. The van der Waals surface area contributed by atoms with E-state index in [1.54, 1.807) is 0 Å². The van der Waals surface area contributed by atoms with Gasteiger partial charge in [-0.25, -0.2) is 0 Å². The third-order valence-electron chi connectivity index (χ3n) is 6.63. The van der Waals surface area contributed by atoms with Gasteiger partial charge < -0.3 is 0 Å². The Morgan fingerprint density at radius 3 is 0.406 bits per heavy atom. The van der Waals surface area contributed by atoms with Gasteiger partial charge >= 0.3 is 0 Å². The van der Waals surface area contributed by atoms with Crippen molar-refractivity contribution in [3.05, 3.63) is 48.6 Å². The van der Waals surface area contributed by atoms with Crippen molar-refractivity contribution in [2.45, 2.75) is 154 Å². The summed E-state index contributed by atoms with van der Waals surface area (Å²) in [6.45, 7) is 0. The maximum absolute atomic E-state index is 2.43. The van der Waals surface area contributed by atoms with Crippen LogP contribution in [0.15, 0.2) is 48.6 Å². The van der Waals surface area contributed by atoms with Crippen LogP contribution in [0.5, 0.6) is 0 Å². The van der Waals surface area contributed by atoms with Gasteiger partial charge in [0.2, 0.25) is 0 Å². The minimum absolute atomic E-state index is 1.29. The molecule has 0 radical (unpaired) electrons. The van der Waals surface area contributed by atoms with Crippen molar-refractivity contribution < 1.29 is 0 Å². The summed E-state index contributed by atoms with van der Waals surface area (Å²) in [5.41, 5.74) is 0. The quantitative estimate of drug-likeness (QED) is 0.328. The summed E-state index contributed by atoms with van der Waals surface area (Å²) in [5.74, 6) is 0. The van der Waals surface area contributed by atoms with Crippen LogP contribution in [0.2, 0.25) is 0 Å². The van der Waals surface area contributed by atoms with Crippen LogP contribution in [-0.4, -0.2) is 0 Å². The van der Waals surface area contributed by atoms with Gasteiger partial charge in [-0.2, -0.15) is 0 Å². The first-order chi connectivity index (χ1) is 16.0. The molecule has 0 amide bonds. The Morgan fingerprint density at radius 2 is 0.281 bits per heavy atom. The van der Waals surface area contributed by atoms with E-state index in [9.17, 15) is 0 Å². The highest BCUT2D eigenvalue weighted by molar-refractivity contribution is 4.84. The van der Waals surface area contributed by atoms with E-state index in [0.717, 1.165) is 0 Å². The van der Waals surface area contributed by atoms with Gasteiger partial charge in [-0.05, 0) is 103 Å². The molecule has 32 heavy (non-hydrogen) atoms. The van der Waals surface area contributed by atoms with Gasteiger partial charge in [-0.1, -0.05) is 100.0 Å². The average molecular weight is 441 g/mol. The molecule has 0 heterocycles. The predicted octanol–water partition coefficient (Wildman–Crippen LogP) is 11.6. The Kier molecular flexibility index (Phi) is 23.8. The van der Waals surface area contributed by atoms with Crippen LogP contribution < -0.4 is 0 Å². The maximum atomic E-state index is 2.43. The molecule has 0 fully saturated rings. The van der Waals surface area contributed by atoms with Crippen LogP contribution in [0.1, 0.15) is 154 Å². The van der Waals surface area contributed by atoms with Crippen molar-refractivity contribution in [2.24, 2.45) is 0 Å². The molecule has 1 aliphatic rings. The molecule has 184 valence electrons. The van der Waals surface area contributed by atoms with E-state index in [0.29, 0.717) is 0 Å². The summed E-state index contributed by atoms with van der Waals surface area (Å²) in [6, 6.07) is 0. The zero-order valence-corrected chi connectivity index (χ0v) is 21.6. The Bertz CT molecular complexity index is 336. The lowest BCUT2D eigenvalue weighted by molar-refractivity contribution is 0.638. The van der Waals surface area contributed by atoms with E-state index in [1.807, 2.05) is 0 Å². The largest absolute Gasteiger partial charge is 0.0885 e. The number of allylic oxidation sites excluding steroid dienone is 8. The van der Waals surface area contributed by atoms with Crippen LogP contribution in [0.4, 0.5) is 0 Å². The normalized spacial score (nSPS) is 26.0. The Balaban J connectivity index is 2.13. The Morgan fingerprint density at radius 1 is 0.156 bits per heavy atom.